The smallest absolute Gasteiger partial charge is 0.230 e. The SMILES string of the molecule is Cc1ccc(C(=O)CN2C(=O)CC(C)(C)CC2=O)s1. The Morgan fingerprint density at radius 3 is 2.32 bits per heavy atom. The van der Waals surface area contributed by atoms with Crippen LogP contribution in [0.3, 0.4) is 0 Å². The van der Waals surface area contributed by atoms with Gasteiger partial charge in [0.1, 0.15) is 0 Å². The maximum atomic E-state index is 12.0. The molecule has 0 atom stereocenters. The van der Waals surface area contributed by atoms with Gasteiger partial charge in [0.2, 0.25) is 11.8 Å². The van der Waals surface area contributed by atoms with Gasteiger partial charge in [-0.1, -0.05) is 13.8 Å². The van der Waals surface area contributed by atoms with E-state index >= 15 is 0 Å². The van der Waals surface area contributed by atoms with Crippen LogP contribution in [0.25, 0.3) is 0 Å². The molecule has 102 valence electrons. The van der Waals surface area contributed by atoms with Gasteiger partial charge in [-0.05, 0) is 24.5 Å². The molecule has 4 nitrogen and oxygen atoms in total. The van der Waals surface area contributed by atoms with E-state index in [0.29, 0.717) is 17.7 Å². The number of Topliss-reactive ketones (excluding diaryl/α,β-unsaturated/α-hetero) is 1. The van der Waals surface area contributed by atoms with Crippen molar-refractivity contribution in [2.45, 2.75) is 33.6 Å². The first-order valence-corrected chi connectivity index (χ1v) is 7.03. The number of thiophene rings is 1. The highest BCUT2D eigenvalue weighted by Gasteiger charge is 2.38. The van der Waals surface area contributed by atoms with Gasteiger partial charge in [-0.3, -0.25) is 19.3 Å². The summed E-state index contributed by atoms with van der Waals surface area (Å²) < 4.78 is 0. The summed E-state index contributed by atoms with van der Waals surface area (Å²) in [5.74, 6) is -0.662. The van der Waals surface area contributed by atoms with Gasteiger partial charge in [0.15, 0.2) is 5.78 Å². The van der Waals surface area contributed by atoms with E-state index in [0.717, 1.165) is 9.78 Å². The average molecular weight is 279 g/mol. The van der Waals surface area contributed by atoms with E-state index in [1.54, 1.807) is 6.07 Å². The first-order chi connectivity index (χ1) is 8.78. The monoisotopic (exact) mass is 279 g/mol. The minimum Gasteiger partial charge on any atom is -0.291 e. The van der Waals surface area contributed by atoms with Gasteiger partial charge in [0.05, 0.1) is 11.4 Å². The fourth-order valence-corrected chi connectivity index (χ4v) is 2.99. The van der Waals surface area contributed by atoms with E-state index in [-0.39, 0.29) is 29.6 Å². The van der Waals surface area contributed by atoms with Gasteiger partial charge in [0, 0.05) is 17.7 Å². The summed E-state index contributed by atoms with van der Waals surface area (Å²) in [6.07, 6.45) is 0.630. The van der Waals surface area contributed by atoms with E-state index in [4.69, 9.17) is 0 Å². The first kappa shape index (κ1) is 13.9. The lowest BCUT2D eigenvalue weighted by molar-refractivity contribution is -0.151. The third kappa shape index (κ3) is 3.10. The summed E-state index contributed by atoms with van der Waals surface area (Å²) in [6.45, 7) is 5.57. The number of piperidine rings is 1. The van der Waals surface area contributed by atoms with Crippen LogP contribution in [0, 0.1) is 12.3 Å². The molecule has 1 fully saturated rings. The minimum absolute atomic E-state index is 0.131. The molecule has 2 amide bonds. The molecular formula is C14H17NO3S. The molecule has 1 aliphatic rings. The van der Waals surface area contributed by atoms with Crippen molar-refractivity contribution in [2.24, 2.45) is 5.41 Å². The minimum atomic E-state index is -0.298. The number of nitrogens with zero attached hydrogens (tertiary/aromatic N) is 1. The van der Waals surface area contributed by atoms with Gasteiger partial charge in [-0.2, -0.15) is 0 Å². The number of ketones is 1. The molecule has 0 aliphatic carbocycles. The lowest BCUT2D eigenvalue weighted by Crippen LogP contribution is -2.48. The summed E-state index contributed by atoms with van der Waals surface area (Å²) in [4.78, 5) is 38.7. The maximum Gasteiger partial charge on any atom is 0.230 e. The average Bonchev–Trinajstić information content (AvgIpc) is 2.69. The number of amides is 2. The predicted molar refractivity (Wildman–Crippen MR) is 73.1 cm³/mol. The number of hydrogen-bond acceptors (Lipinski definition) is 4. The molecule has 0 N–H and O–H groups in total. The molecule has 1 aromatic heterocycles. The molecule has 2 heterocycles. The quantitative estimate of drug-likeness (QED) is 0.630. The Hall–Kier alpha value is -1.49. The van der Waals surface area contributed by atoms with Crippen LogP contribution in [0.15, 0.2) is 12.1 Å². The second kappa shape index (κ2) is 4.89. The maximum absolute atomic E-state index is 12.0. The van der Waals surface area contributed by atoms with Crippen LogP contribution in [-0.2, 0) is 9.59 Å². The fraction of sp³-hybridized carbons (Fsp3) is 0.500. The van der Waals surface area contributed by atoms with Crippen molar-refractivity contribution in [3.63, 3.8) is 0 Å². The lowest BCUT2D eigenvalue weighted by Gasteiger charge is -2.34. The number of carbonyl (C=O) groups is 3. The van der Waals surface area contributed by atoms with Crippen LogP contribution in [0.4, 0.5) is 0 Å². The number of likely N-dealkylation sites (tertiary alicyclic amines) is 1. The van der Waals surface area contributed by atoms with Crippen LogP contribution < -0.4 is 0 Å². The Kier molecular flexibility index (Phi) is 3.58. The summed E-state index contributed by atoms with van der Waals surface area (Å²) in [6, 6.07) is 3.60. The molecule has 1 aliphatic heterocycles. The van der Waals surface area contributed by atoms with Crippen molar-refractivity contribution in [1.29, 1.82) is 0 Å². The van der Waals surface area contributed by atoms with E-state index in [2.05, 4.69) is 0 Å². The van der Waals surface area contributed by atoms with Crippen LogP contribution in [-0.4, -0.2) is 29.0 Å². The van der Waals surface area contributed by atoms with E-state index in [1.807, 2.05) is 26.8 Å². The molecule has 0 bridgehead atoms. The highest BCUT2D eigenvalue weighted by Crippen LogP contribution is 2.31. The van der Waals surface area contributed by atoms with Crippen LogP contribution in [0.2, 0.25) is 0 Å². The first-order valence-electron chi connectivity index (χ1n) is 6.21. The van der Waals surface area contributed by atoms with Gasteiger partial charge in [0.25, 0.3) is 0 Å². The molecule has 1 aromatic rings. The Labute approximate surface area is 116 Å². The molecule has 0 spiro atoms. The Balaban J connectivity index is 2.09. The molecule has 0 radical (unpaired) electrons. The van der Waals surface area contributed by atoms with Crippen LogP contribution in [0.1, 0.15) is 41.2 Å². The van der Waals surface area contributed by atoms with Crippen molar-refractivity contribution in [3.05, 3.63) is 21.9 Å². The molecule has 5 heteroatoms. The largest absolute Gasteiger partial charge is 0.291 e. The third-order valence-electron chi connectivity index (χ3n) is 3.18. The Morgan fingerprint density at radius 2 is 1.84 bits per heavy atom. The highest BCUT2D eigenvalue weighted by molar-refractivity contribution is 7.14. The summed E-state index contributed by atoms with van der Waals surface area (Å²) in [5.41, 5.74) is -0.298. The molecule has 19 heavy (non-hydrogen) atoms. The number of hydrogen-bond donors (Lipinski definition) is 0. The molecule has 0 unspecified atom stereocenters. The molecule has 0 aromatic carbocycles. The zero-order chi connectivity index (χ0) is 14.2. The summed E-state index contributed by atoms with van der Waals surface area (Å²) in [7, 11) is 0. The van der Waals surface area contributed by atoms with Gasteiger partial charge in [-0.25, -0.2) is 0 Å². The van der Waals surface area contributed by atoms with Crippen LogP contribution in [0.5, 0.6) is 0 Å². The lowest BCUT2D eigenvalue weighted by atomic mass is 9.81. The van der Waals surface area contributed by atoms with Crippen molar-refractivity contribution in [2.75, 3.05) is 6.54 Å². The number of imide groups is 1. The second-order valence-corrected chi connectivity index (χ2v) is 7.01. The molecule has 1 saturated heterocycles. The zero-order valence-corrected chi connectivity index (χ0v) is 12.2. The Morgan fingerprint density at radius 1 is 1.26 bits per heavy atom. The second-order valence-electron chi connectivity index (χ2n) is 5.72. The number of carbonyl (C=O) groups excluding carboxylic acids is 3. The third-order valence-corrected chi connectivity index (χ3v) is 4.22. The summed E-state index contributed by atoms with van der Waals surface area (Å²) in [5, 5.41) is 0. The topological polar surface area (TPSA) is 54.5 Å². The van der Waals surface area contributed by atoms with E-state index in [1.165, 1.54) is 11.3 Å². The normalized spacial score (nSPS) is 18.8. The van der Waals surface area contributed by atoms with Crippen molar-refractivity contribution in [1.82, 2.24) is 4.90 Å². The van der Waals surface area contributed by atoms with E-state index < -0.39 is 0 Å². The predicted octanol–water partition coefficient (Wildman–Crippen LogP) is 2.41. The standard InChI is InChI=1S/C14H17NO3S/c1-9-4-5-11(19-9)10(16)8-15-12(17)6-14(2,3)7-13(15)18/h4-5H,6-8H2,1-3H3. The van der Waals surface area contributed by atoms with Gasteiger partial charge in [-0.15, -0.1) is 11.3 Å². The van der Waals surface area contributed by atoms with Crippen LogP contribution >= 0.6 is 11.3 Å². The Bertz CT molecular complexity index is 525. The van der Waals surface area contributed by atoms with Gasteiger partial charge < -0.3 is 0 Å². The highest BCUT2D eigenvalue weighted by atomic mass is 32.1. The van der Waals surface area contributed by atoms with Crippen molar-refractivity contribution in [3.8, 4) is 0 Å². The number of rotatable bonds is 3. The number of aryl methyl sites for hydroxylation is 1. The summed E-state index contributed by atoms with van der Waals surface area (Å²) >= 11 is 1.39. The fourth-order valence-electron chi connectivity index (χ4n) is 2.19. The van der Waals surface area contributed by atoms with E-state index in [9.17, 15) is 14.4 Å². The molecule has 2 rings (SSSR count). The van der Waals surface area contributed by atoms with Gasteiger partial charge >= 0.3 is 0 Å². The van der Waals surface area contributed by atoms with Crippen molar-refractivity contribution >= 4 is 28.9 Å². The molecular weight excluding hydrogens is 262 g/mol. The molecule has 0 saturated carbocycles. The van der Waals surface area contributed by atoms with Crippen molar-refractivity contribution < 1.29 is 14.4 Å². The zero-order valence-electron chi connectivity index (χ0n) is 11.4.